The maximum Gasteiger partial charge on any atom is 0.348 e. The number of likely N-dealkylation sites (tertiary alicyclic amines) is 1. The Morgan fingerprint density at radius 1 is 1.08 bits per heavy atom. The van der Waals surface area contributed by atoms with Gasteiger partial charge in [-0.2, -0.15) is 0 Å². The van der Waals surface area contributed by atoms with Gasteiger partial charge in [-0.05, 0) is 84.1 Å². The van der Waals surface area contributed by atoms with Crippen LogP contribution in [0.1, 0.15) is 93.6 Å². The summed E-state index contributed by atoms with van der Waals surface area (Å²) < 4.78 is 17.9. The Hall–Kier alpha value is -1.65. The summed E-state index contributed by atoms with van der Waals surface area (Å²) >= 11 is 1.17. The van der Waals surface area contributed by atoms with Crippen LogP contribution in [0.25, 0.3) is 0 Å². The number of aromatic carboxylic acids is 1. The van der Waals surface area contributed by atoms with Crippen LogP contribution in [0, 0.1) is 29.1 Å². The van der Waals surface area contributed by atoms with E-state index < -0.39 is 13.3 Å². The Kier molecular flexibility index (Phi) is 9.69. The molecule has 2 aliphatic heterocycles. The molecule has 0 spiro atoms. The van der Waals surface area contributed by atoms with E-state index in [4.69, 9.17) is 4.52 Å². The third-order valence-corrected chi connectivity index (χ3v) is 12.2. The summed E-state index contributed by atoms with van der Waals surface area (Å²) in [5, 5.41) is 10.1. The highest BCUT2D eigenvalue weighted by Gasteiger charge is 2.39. The van der Waals surface area contributed by atoms with Crippen molar-refractivity contribution in [3.05, 3.63) is 15.8 Å². The highest BCUT2D eigenvalue weighted by Crippen LogP contribution is 2.51. The average Bonchev–Trinajstić information content (AvgIpc) is 3.33. The van der Waals surface area contributed by atoms with E-state index in [0.29, 0.717) is 34.8 Å². The number of amides is 1. The fourth-order valence-corrected chi connectivity index (χ4v) is 9.04. The number of carbonyl (C=O) groups is 2. The molecule has 3 heterocycles. The van der Waals surface area contributed by atoms with Crippen molar-refractivity contribution in [2.45, 2.75) is 91.1 Å². The van der Waals surface area contributed by atoms with Crippen LogP contribution in [0.5, 0.6) is 0 Å². The highest BCUT2D eigenvalue weighted by atomic mass is 32.1. The first-order valence-electron chi connectivity index (χ1n) is 14.5. The molecule has 216 valence electrons. The quantitative estimate of drug-likeness (QED) is 0.305. The molecular weight excluding hydrogens is 531 g/mol. The van der Waals surface area contributed by atoms with Gasteiger partial charge in [0.15, 0.2) is 0 Å². The first-order valence-corrected chi connectivity index (χ1v) is 17.3. The first kappa shape index (κ1) is 30.3. The highest BCUT2D eigenvalue weighted by molar-refractivity contribution is 7.59. The van der Waals surface area contributed by atoms with E-state index >= 15 is 0 Å². The van der Waals surface area contributed by atoms with Crippen LogP contribution in [0.4, 0.5) is 5.69 Å². The van der Waals surface area contributed by atoms with Gasteiger partial charge in [-0.3, -0.25) is 9.36 Å². The molecule has 0 radical (unpaired) electrons. The monoisotopic (exact) mass is 576 g/mol. The maximum atomic E-state index is 14.1. The number of nitrogens with zero attached hydrogens (tertiary/aromatic N) is 2. The molecule has 39 heavy (non-hydrogen) atoms. The lowest BCUT2D eigenvalue weighted by Gasteiger charge is -2.44. The second kappa shape index (κ2) is 12.5. The number of carboxylic acid groups (broad SMARTS) is 1. The van der Waals surface area contributed by atoms with Gasteiger partial charge < -0.3 is 19.4 Å². The van der Waals surface area contributed by atoms with E-state index in [2.05, 4.69) is 23.7 Å². The fourth-order valence-electron chi connectivity index (χ4n) is 6.23. The molecule has 1 aromatic heterocycles. The number of carboxylic acids is 1. The minimum atomic E-state index is -2.46. The van der Waals surface area contributed by atoms with E-state index in [1.165, 1.54) is 11.3 Å². The van der Waals surface area contributed by atoms with Crippen molar-refractivity contribution < 1.29 is 23.8 Å². The standard InChI is InChI=1S/C30H45N2O5PS/c1-21-6-8-22(9-7-21)28(33)32(26-20-25(10-15-30(2,3)4)39-27(26)29(34)35)24-11-16-31(17-12-24)23-13-18-38(36,37-5)19-14-23/h20-24H,6-9,11-14,16-19H2,1-5H3,(H,34,35)/t21-,22-,23?,38?. The topological polar surface area (TPSA) is 87.2 Å². The third-order valence-electron chi connectivity index (χ3n) is 8.65. The summed E-state index contributed by atoms with van der Waals surface area (Å²) in [4.78, 5) is 31.8. The fraction of sp³-hybridized carbons (Fsp3) is 0.733. The number of thiophene rings is 1. The molecule has 0 aromatic carbocycles. The Bertz CT molecular complexity index is 1130. The van der Waals surface area contributed by atoms with Gasteiger partial charge in [0.25, 0.3) is 0 Å². The SMILES string of the molecule is COP1(=O)CCC(N2CCC(N(c3cc(C#CC(C)(C)C)sc3C(=O)O)C(=O)[C@H]3CC[C@H](C)CC3)CC2)CC1. The van der Waals surface area contributed by atoms with Crippen LogP contribution < -0.4 is 4.90 Å². The van der Waals surface area contributed by atoms with Gasteiger partial charge in [-0.1, -0.05) is 18.8 Å². The minimum absolute atomic E-state index is 0.0436. The van der Waals surface area contributed by atoms with Crippen molar-refractivity contribution in [2.24, 2.45) is 17.3 Å². The maximum absolute atomic E-state index is 14.1. The van der Waals surface area contributed by atoms with Crippen LogP contribution in [0.3, 0.4) is 0 Å². The zero-order valence-corrected chi connectivity index (χ0v) is 25.9. The van der Waals surface area contributed by atoms with Gasteiger partial charge in [0.2, 0.25) is 13.3 Å². The van der Waals surface area contributed by atoms with Gasteiger partial charge in [0.1, 0.15) is 4.88 Å². The summed E-state index contributed by atoms with van der Waals surface area (Å²) in [7, 11) is -0.902. The van der Waals surface area contributed by atoms with Crippen molar-refractivity contribution in [1.29, 1.82) is 0 Å². The largest absolute Gasteiger partial charge is 0.477 e. The second-order valence-corrected chi connectivity index (χ2v) is 16.7. The van der Waals surface area contributed by atoms with Gasteiger partial charge in [0, 0.05) is 55.9 Å². The predicted molar refractivity (Wildman–Crippen MR) is 158 cm³/mol. The molecule has 0 unspecified atom stereocenters. The van der Waals surface area contributed by atoms with E-state index in [9.17, 15) is 19.3 Å². The minimum Gasteiger partial charge on any atom is -0.477 e. The smallest absolute Gasteiger partial charge is 0.348 e. The van der Waals surface area contributed by atoms with Gasteiger partial charge in [0.05, 0.1) is 10.6 Å². The molecule has 2 saturated heterocycles. The van der Waals surface area contributed by atoms with Crippen LogP contribution in [0.15, 0.2) is 6.07 Å². The molecule has 4 rings (SSSR count). The number of hydrogen-bond donors (Lipinski definition) is 1. The average molecular weight is 577 g/mol. The van der Waals surface area contributed by atoms with Gasteiger partial charge in [-0.15, -0.1) is 11.3 Å². The zero-order valence-electron chi connectivity index (χ0n) is 24.2. The molecular formula is C30H45N2O5PS. The molecule has 1 saturated carbocycles. The molecule has 1 N–H and O–H groups in total. The molecule has 7 nitrogen and oxygen atoms in total. The Morgan fingerprint density at radius 3 is 2.23 bits per heavy atom. The van der Waals surface area contributed by atoms with Crippen molar-refractivity contribution in [1.82, 2.24) is 4.90 Å². The van der Waals surface area contributed by atoms with Crippen LogP contribution >= 0.6 is 18.7 Å². The second-order valence-electron chi connectivity index (χ2n) is 12.7. The third kappa shape index (κ3) is 7.55. The van der Waals surface area contributed by atoms with E-state index in [1.807, 2.05) is 31.7 Å². The zero-order chi connectivity index (χ0) is 28.4. The lowest BCUT2D eigenvalue weighted by molar-refractivity contribution is -0.124. The van der Waals surface area contributed by atoms with Gasteiger partial charge in [-0.25, -0.2) is 4.79 Å². The van der Waals surface area contributed by atoms with Crippen molar-refractivity contribution in [3.8, 4) is 11.8 Å². The lowest BCUT2D eigenvalue weighted by Crippen LogP contribution is -2.52. The van der Waals surface area contributed by atoms with Crippen molar-refractivity contribution in [3.63, 3.8) is 0 Å². The normalized spacial score (nSPS) is 28.9. The molecule has 3 fully saturated rings. The van der Waals surface area contributed by atoms with Gasteiger partial charge >= 0.3 is 5.97 Å². The van der Waals surface area contributed by atoms with Crippen LogP contribution in [0.2, 0.25) is 0 Å². The summed E-state index contributed by atoms with van der Waals surface area (Å²) in [5.74, 6) is 6.02. The first-order chi connectivity index (χ1) is 18.4. The summed E-state index contributed by atoms with van der Waals surface area (Å²) in [6.45, 7) is 10.0. The van der Waals surface area contributed by atoms with Crippen LogP contribution in [-0.4, -0.2) is 66.5 Å². The number of rotatable bonds is 6. The summed E-state index contributed by atoms with van der Waals surface area (Å²) in [6.07, 6.45) is 8.41. The predicted octanol–water partition coefficient (Wildman–Crippen LogP) is 6.55. The van der Waals surface area contributed by atoms with Crippen molar-refractivity contribution in [2.75, 3.05) is 37.4 Å². The molecule has 1 aromatic rings. The molecule has 0 atom stereocenters. The molecule has 3 aliphatic rings. The lowest BCUT2D eigenvalue weighted by atomic mass is 9.82. The van der Waals surface area contributed by atoms with E-state index in [1.54, 1.807) is 7.11 Å². The van der Waals surface area contributed by atoms with E-state index in [-0.39, 0.29) is 28.2 Å². The molecule has 1 aliphatic carbocycles. The molecule has 0 bridgehead atoms. The van der Waals surface area contributed by atoms with Crippen LogP contribution in [-0.2, 0) is 13.9 Å². The Balaban J connectivity index is 1.58. The molecule has 1 amide bonds. The number of hydrogen-bond acceptors (Lipinski definition) is 6. The van der Waals surface area contributed by atoms with E-state index in [0.717, 1.165) is 64.5 Å². The Morgan fingerprint density at radius 2 is 1.69 bits per heavy atom. The van der Waals surface area contributed by atoms with Crippen molar-refractivity contribution >= 4 is 36.3 Å². The number of carbonyl (C=O) groups excluding carboxylic acids is 1. The Labute approximate surface area is 238 Å². The number of piperidine rings is 1. The number of anilines is 1. The summed E-state index contributed by atoms with van der Waals surface area (Å²) in [6, 6.07) is 2.19. The molecule has 9 heteroatoms. The summed E-state index contributed by atoms with van der Waals surface area (Å²) in [5.41, 5.74) is 0.316.